The quantitative estimate of drug-likeness (QED) is 0.193. The number of carbonyl (C=O) groups excluding carboxylic acids is 1. The number of hydrogen-bond acceptors (Lipinski definition) is 9. The van der Waals surface area contributed by atoms with Crippen molar-refractivity contribution < 1.29 is 18.8 Å². The summed E-state index contributed by atoms with van der Waals surface area (Å²) in [4.78, 5) is 18.0. The maximum absolute atomic E-state index is 10.0. The van der Waals surface area contributed by atoms with Crippen molar-refractivity contribution in [1.82, 2.24) is 19.4 Å². The molecule has 3 aromatic heterocycles. The van der Waals surface area contributed by atoms with Gasteiger partial charge in [-0.05, 0) is 48.4 Å². The Morgan fingerprint density at radius 1 is 1.09 bits per heavy atom. The minimum Gasteiger partial charge on any atom is -0.492 e. The molecule has 0 atom stereocenters. The van der Waals surface area contributed by atoms with Crippen LogP contribution in [-0.2, 0) is 14.9 Å². The third-order valence-electron chi connectivity index (χ3n) is 6.81. The van der Waals surface area contributed by atoms with Gasteiger partial charge in [-0.3, -0.25) is 14.1 Å². The molecule has 2 N–H and O–H groups in total. The van der Waals surface area contributed by atoms with Crippen LogP contribution in [0.4, 0.5) is 11.5 Å². The molecule has 1 saturated heterocycles. The van der Waals surface area contributed by atoms with Gasteiger partial charge in [-0.25, -0.2) is 4.98 Å². The third kappa shape index (κ3) is 7.93. The second-order valence-electron chi connectivity index (χ2n) is 11.0. The minimum atomic E-state index is -0.0736. The predicted octanol–water partition coefficient (Wildman–Crippen LogP) is 5.24. The summed E-state index contributed by atoms with van der Waals surface area (Å²) < 4.78 is 19.6. The van der Waals surface area contributed by atoms with Crippen molar-refractivity contribution in [2.75, 3.05) is 57.1 Å². The number of anilines is 2. The molecular weight excluding hydrogens is 564 g/mol. The van der Waals surface area contributed by atoms with Crippen LogP contribution in [0.25, 0.3) is 15.2 Å². The van der Waals surface area contributed by atoms with Gasteiger partial charge in [0.2, 0.25) is 6.41 Å². The average molecular weight is 601 g/mol. The number of hydrogen-bond donors (Lipinski definition) is 2. The Kier molecular flexibility index (Phi) is 9.61. The zero-order chi connectivity index (χ0) is 30.2. The highest BCUT2D eigenvalue weighted by Crippen LogP contribution is 2.30. The van der Waals surface area contributed by atoms with Crippen molar-refractivity contribution in [2.45, 2.75) is 26.2 Å². The molecule has 224 valence electrons. The van der Waals surface area contributed by atoms with Gasteiger partial charge in [0.25, 0.3) is 0 Å². The summed E-state index contributed by atoms with van der Waals surface area (Å²) in [6, 6.07) is 16.0. The van der Waals surface area contributed by atoms with Crippen molar-refractivity contribution in [3.05, 3.63) is 71.7 Å². The molecule has 1 aliphatic heterocycles. The van der Waals surface area contributed by atoms with Crippen LogP contribution >= 0.6 is 11.3 Å². The molecule has 4 heterocycles. The Morgan fingerprint density at radius 2 is 1.88 bits per heavy atom. The van der Waals surface area contributed by atoms with Crippen LogP contribution in [0.15, 0.2) is 59.3 Å². The number of benzene rings is 2. The van der Waals surface area contributed by atoms with E-state index in [-0.39, 0.29) is 5.41 Å². The summed E-state index contributed by atoms with van der Waals surface area (Å²) in [5, 5.41) is 9.18. The van der Waals surface area contributed by atoms with Crippen molar-refractivity contribution in [3.8, 4) is 17.6 Å². The first-order valence-electron chi connectivity index (χ1n) is 14.1. The van der Waals surface area contributed by atoms with Crippen LogP contribution in [0.2, 0.25) is 0 Å². The second kappa shape index (κ2) is 13.7. The maximum atomic E-state index is 10.0. The first-order valence-corrected chi connectivity index (χ1v) is 15.0. The standard InChI is InChI=1S/C24H24N4O2S.C8H12N2O2/c1-25-19-5-2-18(3-6-19)4-7-20-17-28-22-9-8-21(16-23(22)31-24(28)26-20)30-15-12-27-10-13-29-14-11-27;1-8(2,3)6-4-7(9-5-11)10-12-6/h2-3,5-6,8-9,16-17,25H,10-15H2,1H3;4-5H,1-3H3,(H,9,10,11). The first kappa shape index (κ1) is 30.1. The van der Waals surface area contributed by atoms with Crippen molar-refractivity contribution in [2.24, 2.45) is 0 Å². The van der Waals surface area contributed by atoms with Gasteiger partial charge in [-0.2, -0.15) is 0 Å². The van der Waals surface area contributed by atoms with Gasteiger partial charge < -0.3 is 24.6 Å². The molecule has 0 bridgehead atoms. The Balaban J connectivity index is 0.000000259. The Hall–Kier alpha value is -4.37. The second-order valence-corrected chi connectivity index (χ2v) is 12.0. The fourth-order valence-corrected chi connectivity index (χ4v) is 5.40. The van der Waals surface area contributed by atoms with Gasteiger partial charge in [-0.15, -0.1) is 0 Å². The molecule has 5 aromatic rings. The molecule has 2 aromatic carbocycles. The lowest BCUT2D eigenvalue weighted by atomic mass is 9.93. The highest BCUT2D eigenvalue weighted by molar-refractivity contribution is 7.23. The molecule has 43 heavy (non-hydrogen) atoms. The zero-order valence-electron chi connectivity index (χ0n) is 24.8. The molecule has 1 amide bonds. The van der Waals surface area contributed by atoms with E-state index < -0.39 is 0 Å². The summed E-state index contributed by atoms with van der Waals surface area (Å²) in [6.45, 7) is 11.2. The molecule has 0 unspecified atom stereocenters. The normalized spacial score (nSPS) is 13.6. The van der Waals surface area contributed by atoms with E-state index in [2.05, 4.69) is 54.0 Å². The van der Waals surface area contributed by atoms with Crippen LogP contribution in [-0.4, -0.2) is 72.4 Å². The molecule has 10 nitrogen and oxygen atoms in total. The fraction of sp³-hybridized carbons (Fsp3) is 0.344. The van der Waals surface area contributed by atoms with Gasteiger partial charge in [0.15, 0.2) is 10.8 Å². The van der Waals surface area contributed by atoms with Gasteiger partial charge in [0, 0.05) is 55.6 Å². The number of rotatable bonds is 7. The van der Waals surface area contributed by atoms with E-state index in [1.165, 1.54) is 0 Å². The number of nitrogens with one attached hydrogen (secondary N) is 2. The number of nitrogens with zero attached hydrogens (tertiary/aromatic N) is 4. The first-order chi connectivity index (χ1) is 20.8. The summed E-state index contributed by atoms with van der Waals surface area (Å²) in [5.74, 6) is 8.47. The SMILES string of the molecule is CC(C)(C)c1cc(NC=O)no1.CNc1ccc(C#Cc2cn3c(n2)sc2cc(OCCN4CCOCC4)ccc23)cc1. The topological polar surface area (TPSA) is 106 Å². The van der Waals surface area contributed by atoms with E-state index in [1.54, 1.807) is 17.4 Å². The number of carbonyl (C=O) groups is 1. The number of ether oxygens (including phenoxy) is 2. The van der Waals surface area contributed by atoms with Crippen molar-refractivity contribution >= 4 is 44.4 Å². The fourth-order valence-electron chi connectivity index (χ4n) is 4.36. The van der Waals surface area contributed by atoms with E-state index in [0.717, 1.165) is 76.5 Å². The largest absolute Gasteiger partial charge is 0.492 e. The molecule has 1 aliphatic rings. The van der Waals surface area contributed by atoms with E-state index in [4.69, 9.17) is 14.0 Å². The maximum Gasteiger partial charge on any atom is 0.212 e. The molecule has 1 fully saturated rings. The number of fused-ring (bicyclic) bond motifs is 3. The van der Waals surface area contributed by atoms with Gasteiger partial charge >= 0.3 is 0 Å². The molecule has 0 spiro atoms. The number of morpholine rings is 1. The number of thiazole rings is 1. The van der Waals surface area contributed by atoms with E-state index in [1.807, 2.05) is 64.3 Å². The van der Waals surface area contributed by atoms with Gasteiger partial charge in [0.05, 0.1) is 23.4 Å². The number of imidazole rings is 1. The van der Waals surface area contributed by atoms with Gasteiger partial charge in [0.1, 0.15) is 23.8 Å². The lowest BCUT2D eigenvalue weighted by Gasteiger charge is -2.26. The summed E-state index contributed by atoms with van der Waals surface area (Å²) >= 11 is 1.65. The van der Waals surface area contributed by atoms with Crippen molar-refractivity contribution in [3.63, 3.8) is 0 Å². The van der Waals surface area contributed by atoms with Crippen LogP contribution < -0.4 is 15.4 Å². The molecular formula is C32H36N6O4S. The lowest BCUT2D eigenvalue weighted by molar-refractivity contribution is -0.105. The number of amides is 1. The molecule has 0 radical (unpaired) electrons. The highest BCUT2D eigenvalue weighted by atomic mass is 32.1. The average Bonchev–Trinajstić information content (AvgIpc) is 3.72. The third-order valence-corrected chi connectivity index (χ3v) is 7.83. The summed E-state index contributed by atoms with van der Waals surface area (Å²) in [7, 11) is 1.91. The Labute approximate surface area is 255 Å². The lowest BCUT2D eigenvalue weighted by Crippen LogP contribution is -2.38. The molecule has 11 heteroatoms. The number of aromatic nitrogens is 3. The van der Waals surface area contributed by atoms with E-state index in [0.29, 0.717) is 18.8 Å². The molecule has 6 rings (SSSR count). The highest BCUT2D eigenvalue weighted by Gasteiger charge is 2.19. The summed E-state index contributed by atoms with van der Waals surface area (Å²) in [5.41, 5.74) is 3.87. The van der Waals surface area contributed by atoms with Gasteiger partial charge in [-0.1, -0.05) is 43.2 Å². The van der Waals surface area contributed by atoms with E-state index >= 15 is 0 Å². The Morgan fingerprint density at radius 3 is 2.58 bits per heavy atom. The van der Waals surface area contributed by atoms with Crippen molar-refractivity contribution in [1.29, 1.82) is 0 Å². The van der Waals surface area contributed by atoms with Crippen LogP contribution in [0.3, 0.4) is 0 Å². The molecule has 0 saturated carbocycles. The monoisotopic (exact) mass is 600 g/mol. The molecule has 0 aliphatic carbocycles. The summed E-state index contributed by atoms with van der Waals surface area (Å²) in [6.07, 6.45) is 2.58. The smallest absolute Gasteiger partial charge is 0.212 e. The Bertz CT molecular complexity index is 1720. The van der Waals surface area contributed by atoms with Crippen LogP contribution in [0.5, 0.6) is 5.75 Å². The van der Waals surface area contributed by atoms with Crippen LogP contribution in [0.1, 0.15) is 37.8 Å². The van der Waals surface area contributed by atoms with Crippen LogP contribution in [0, 0.1) is 11.8 Å². The minimum absolute atomic E-state index is 0.0736. The predicted molar refractivity (Wildman–Crippen MR) is 170 cm³/mol. The zero-order valence-corrected chi connectivity index (χ0v) is 25.7. The van der Waals surface area contributed by atoms with E-state index in [9.17, 15) is 4.79 Å².